The van der Waals surface area contributed by atoms with E-state index in [-0.39, 0.29) is 6.04 Å². The molecule has 1 saturated heterocycles. The van der Waals surface area contributed by atoms with Gasteiger partial charge in [0.15, 0.2) is 0 Å². The molecule has 17 heavy (non-hydrogen) atoms. The van der Waals surface area contributed by atoms with Crippen molar-refractivity contribution in [3.8, 4) is 6.07 Å². The molecule has 1 fully saturated rings. The first-order valence-electron chi connectivity index (χ1n) is 5.99. The van der Waals surface area contributed by atoms with Gasteiger partial charge in [0.2, 0.25) is 0 Å². The van der Waals surface area contributed by atoms with Gasteiger partial charge in [-0.25, -0.2) is 4.98 Å². The van der Waals surface area contributed by atoms with Gasteiger partial charge in [0.05, 0.1) is 5.56 Å². The van der Waals surface area contributed by atoms with Crippen LogP contribution in [0.25, 0.3) is 0 Å². The van der Waals surface area contributed by atoms with Crippen LogP contribution in [0.2, 0.25) is 0 Å². The van der Waals surface area contributed by atoms with E-state index in [2.05, 4.69) is 22.9 Å². The summed E-state index contributed by atoms with van der Waals surface area (Å²) in [6.07, 6.45) is 2.73. The highest BCUT2D eigenvalue weighted by Gasteiger charge is 2.25. The number of aromatic nitrogens is 1. The number of anilines is 1. The molecule has 0 radical (unpaired) electrons. The number of hydrogen-bond acceptors (Lipinski definition) is 4. The summed E-state index contributed by atoms with van der Waals surface area (Å²) in [7, 11) is 0. The minimum absolute atomic E-state index is 0.265. The number of piperidine rings is 1. The summed E-state index contributed by atoms with van der Waals surface area (Å²) < 4.78 is 0. The number of hydrogen-bond donors (Lipinski definition) is 1. The van der Waals surface area contributed by atoms with Gasteiger partial charge in [0.25, 0.3) is 0 Å². The van der Waals surface area contributed by atoms with Crippen molar-refractivity contribution in [3.05, 3.63) is 23.4 Å². The van der Waals surface area contributed by atoms with Crippen LogP contribution in [0.4, 0.5) is 5.82 Å². The molecule has 4 nitrogen and oxygen atoms in total. The van der Waals surface area contributed by atoms with Crippen LogP contribution in [-0.4, -0.2) is 24.1 Å². The normalized spacial score (nSPS) is 24.5. The molecule has 0 aliphatic carbocycles. The second kappa shape index (κ2) is 4.72. The summed E-state index contributed by atoms with van der Waals surface area (Å²) in [5.74, 6) is 1.25. The maximum absolute atomic E-state index is 9.21. The number of aryl methyl sites for hydroxylation is 1. The number of nitrogens with two attached hydrogens (primary N) is 1. The molecule has 2 rings (SSSR count). The van der Waals surface area contributed by atoms with E-state index >= 15 is 0 Å². The molecule has 0 spiro atoms. The van der Waals surface area contributed by atoms with Gasteiger partial charge in [0.1, 0.15) is 11.9 Å². The topological polar surface area (TPSA) is 65.9 Å². The molecule has 0 saturated carbocycles. The molecule has 90 valence electrons. The molecule has 2 atom stereocenters. The Hall–Kier alpha value is -1.60. The van der Waals surface area contributed by atoms with Crippen LogP contribution in [-0.2, 0) is 0 Å². The van der Waals surface area contributed by atoms with Gasteiger partial charge in [-0.05, 0) is 30.9 Å². The van der Waals surface area contributed by atoms with Crippen LogP contribution >= 0.6 is 0 Å². The SMILES string of the molecule is Cc1ccnc(N2CCC(N)C(C)C2)c1C#N. The van der Waals surface area contributed by atoms with Crippen LogP contribution in [0.5, 0.6) is 0 Å². The predicted octanol–water partition coefficient (Wildman–Crippen LogP) is 1.44. The van der Waals surface area contributed by atoms with E-state index in [9.17, 15) is 5.26 Å². The van der Waals surface area contributed by atoms with E-state index in [1.165, 1.54) is 0 Å². The fourth-order valence-electron chi connectivity index (χ4n) is 2.28. The minimum Gasteiger partial charge on any atom is -0.355 e. The lowest BCUT2D eigenvalue weighted by atomic mass is 9.94. The van der Waals surface area contributed by atoms with Crippen molar-refractivity contribution >= 4 is 5.82 Å². The Bertz CT molecular complexity index is 449. The molecule has 1 aliphatic rings. The Morgan fingerprint density at radius 1 is 1.59 bits per heavy atom. The van der Waals surface area contributed by atoms with E-state index in [0.717, 1.165) is 30.9 Å². The molecule has 2 heterocycles. The Labute approximate surface area is 102 Å². The predicted molar refractivity (Wildman–Crippen MR) is 67.7 cm³/mol. The lowest BCUT2D eigenvalue weighted by Gasteiger charge is -2.36. The van der Waals surface area contributed by atoms with Gasteiger partial charge in [-0.2, -0.15) is 5.26 Å². The maximum Gasteiger partial charge on any atom is 0.146 e. The highest BCUT2D eigenvalue weighted by atomic mass is 15.2. The van der Waals surface area contributed by atoms with Gasteiger partial charge < -0.3 is 10.6 Å². The molecule has 4 heteroatoms. The molecule has 1 aromatic rings. The smallest absolute Gasteiger partial charge is 0.146 e. The van der Waals surface area contributed by atoms with Gasteiger partial charge >= 0.3 is 0 Å². The fraction of sp³-hybridized carbons (Fsp3) is 0.538. The van der Waals surface area contributed by atoms with Crippen LogP contribution in [0, 0.1) is 24.2 Å². The Morgan fingerprint density at radius 3 is 3.00 bits per heavy atom. The number of pyridine rings is 1. The van der Waals surface area contributed by atoms with Crippen LogP contribution in [0.1, 0.15) is 24.5 Å². The standard InChI is InChI=1S/C13H18N4/c1-9-3-5-16-13(11(9)7-14)17-6-4-12(15)10(2)8-17/h3,5,10,12H,4,6,8,15H2,1-2H3. The number of rotatable bonds is 1. The molecule has 1 aliphatic heterocycles. The zero-order valence-corrected chi connectivity index (χ0v) is 10.3. The molecule has 0 bridgehead atoms. The third-order valence-corrected chi connectivity index (χ3v) is 3.52. The average molecular weight is 230 g/mol. The third kappa shape index (κ3) is 2.25. The van der Waals surface area contributed by atoms with E-state index < -0.39 is 0 Å². The van der Waals surface area contributed by atoms with Crippen molar-refractivity contribution < 1.29 is 0 Å². The van der Waals surface area contributed by atoms with Gasteiger partial charge in [0, 0.05) is 25.3 Å². The molecular formula is C13H18N4. The first kappa shape index (κ1) is 11.9. The highest BCUT2D eigenvalue weighted by molar-refractivity contribution is 5.57. The van der Waals surface area contributed by atoms with Crippen molar-refractivity contribution in [2.75, 3.05) is 18.0 Å². The molecule has 0 aromatic carbocycles. The first-order valence-corrected chi connectivity index (χ1v) is 5.99. The van der Waals surface area contributed by atoms with Crippen molar-refractivity contribution in [2.24, 2.45) is 11.7 Å². The fourth-order valence-corrected chi connectivity index (χ4v) is 2.28. The lowest BCUT2D eigenvalue weighted by molar-refractivity contribution is 0.381. The summed E-state index contributed by atoms with van der Waals surface area (Å²) in [5, 5.41) is 9.21. The zero-order chi connectivity index (χ0) is 12.4. The number of nitrogens with zero attached hydrogens (tertiary/aromatic N) is 3. The average Bonchev–Trinajstić information content (AvgIpc) is 2.32. The van der Waals surface area contributed by atoms with E-state index in [1.807, 2.05) is 13.0 Å². The largest absolute Gasteiger partial charge is 0.355 e. The van der Waals surface area contributed by atoms with Crippen LogP contribution in [0.15, 0.2) is 12.3 Å². The number of nitriles is 1. The molecular weight excluding hydrogens is 212 g/mol. The molecule has 1 aromatic heterocycles. The monoisotopic (exact) mass is 230 g/mol. The minimum atomic E-state index is 0.265. The van der Waals surface area contributed by atoms with Crippen molar-refractivity contribution in [1.82, 2.24) is 4.98 Å². The Balaban J connectivity index is 2.29. The van der Waals surface area contributed by atoms with Gasteiger partial charge in [-0.3, -0.25) is 0 Å². The Kier molecular flexibility index (Phi) is 3.30. The Morgan fingerprint density at radius 2 is 2.35 bits per heavy atom. The zero-order valence-electron chi connectivity index (χ0n) is 10.3. The van der Waals surface area contributed by atoms with Gasteiger partial charge in [-0.1, -0.05) is 6.92 Å². The van der Waals surface area contributed by atoms with Crippen molar-refractivity contribution in [3.63, 3.8) is 0 Å². The van der Waals surface area contributed by atoms with Crippen molar-refractivity contribution in [1.29, 1.82) is 5.26 Å². The highest BCUT2D eigenvalue weighted by Crippen LogP contribution is 2.25. The molecule has 0 amide bonds. The summed E-state index contributed by atoms with van der Waals surface area (Å²) in [4.78, 5) is 6.54. The van der Waals surface area contributed by atoms with E-state index in [1.54, 1.807) is 6.20 Å². The third-order valence-electron chi connectivity index (χ3n) is 3.52. The summed E-state index contributed by atoms with van der Waals surface area (Å²) >= 11 is 0. The van der Waals surface area contributed by atoms with E-state index in [4.69, 9.17) is 5.73 Å². The van der Waals surface area contributed by atoms with E-state index in [0.29, 0.717) is 11.5 Å². The van der Waals surface area contributed by atoms with Crippen molar-refractivity contribution in [2.45, 2.75) is 26.3 Å². The molecule has 2 N–H and O–H groups in total. The quantitative estimate of drug-likeness (QED) is 0.792. The first-order chi connectivity index (χ1) is 8.13. The second-order valence-electron chi connectivity index (χ2n) is 4.81. The lowest BCUT2D eigenvalue weighted by Crippen LogP contribution is -2.46. The van der Waals surface area contributed by atoms with Crippen LogP contribution < -0.4 is 10.6 Å². The summed E-state index contributed by atoms with van der Waals surface area (Å²) in [5.41, 5.74) is 7.68. The summed E-state index contributed by atoms with van der Waals surface area (Å²) in [6.45, 7) is 5.87. The molecule has 2 unspecified atom stereocenters. The van der Waals surface area contributed by atoms with Gasteiger partial charge in [-0.15, -0.1) is 0 Å². The summed E-state index contributed by atoms with van der Waals surface area (Å²) in [6, 6.07) is 4.39. The maximum atomic E-state index is 9.21. The van der Waals surface area contributed by atoms with Crippen LogP contribution in [0.3, 0.4) is 0 Å². The second-order valence-corrected chi connectivity index (χ2v) is 4.81.